The highest BCUT2D eigenvalue weighted by atomic mass is 32.2. The topological polar surface area (TPSA) is 164 Å². The van der Waals surface area contributed by atoms with Gasteiger partial charge in [0, 0.05) is 34.6 Å². The molecule has 0 spiro atoms. The molecule has 1 saturated heterocycles. The Morgan fingerprint density at radius 2 is 2.08 bits per heavy atom. The van der Waals surface area contributed by atoms with Gasteiger partial charge in [0.1, 0.15) is 10.6 Å². The number of carboxylic acids is 1. The summed E-state index contributed by atoms with van der Waals surface area (Å²) in [7, 11) is 1.45. The Balaban J connectivity index is 1.72. The minimum Gasteiger partial charge on any atom is -0.504 e. The lowest BCUT2D eigenvalue weighted by molar-refractivity contribution is -0.129. The van der Waals surface area contributed by atoms with Gasteiger partial charge < -0.3 is 35.2 Å². The molecule has 12 heteroatoms. The fraction of sp³-hybridized carbons (Fsp3) is 0.208. The number of aliphatic carboxylic acids is 1. The number of para-hydroxylation sites is 1. The predicted molar refractivity (Wildman–Crippen MR) is 137 cm³/mol. The molecule has 1 aliphatic rings. The minimum atomic E-state index is -1.38. The Morgan fingerprint density at radius 3 is 2.78 bits per heavy atom. The van der Waals surface area contributed by atoms with E-state index in [0.717, 1.165) is 5.39 Å². The number of fused-ring (bicyclic) bond motifs is 1. The van der Waals surface area contributed by atoms with Crippen molar-refractivity contribution in [3.8, 4) is 11.5 Å². The zero-order valence-corrected chi connectivity index (χ0v) is 20.5. The van der Waals surface area contributed by atoms with Crippen LogP contribution in [0.4, 0.5) is 0 Å². The van der Waals surface area contributed by atoms with Gasteiger partial charge in [-0.15, -0.1) is 23.5 Å². The van der Waals surface area contributed by atoms with Crippen LogP contribution in [0.25, 0.3) is 10.9 Å². The highest BCUT2D eigenvalue weighted by Gasteiger charge is 2.51. The number of methoxy groups -OCH3 is 1. The van der Waals surface area contributed by atoms with Gasteiger partial charge in [0.2, 0.25) is 5.71 Å². The lowest BCUT2D eigenvalue weighted by Gasteiger charge is -2.43. The molecule has 1 aliphatic heterocycles. The molecule has 2 aromatic carbocycles. The monoisotopic (exact) mass is 526 g/mol. The normalized spacial score (nSPS) is 22.6. The predicted octanol–water partition coefficient (Wildman–Crippen LogP) is 3.65. The zero-order valence-electron chi connectivity index (χ0n) is 18.9. The van der Waals surface area contributed by atoms with Crippen molar-refractivity contribution in [2.75, 3.05) is 12.9 Å². The van der Waals surface area contributed by atoms with Crippen molar-refractivity contribution in [3.05, 3.63) is 77.5 Å². The first kappa shape index (κ1) is 24.1. The van der Waals surface area contributed by atoms with Crippen LogP contribution in [-0.4, -0.2) is 66.1 Å². The molecule has 0 saturated carbocycles. The van der Waals surface area contributed by atoms with Gasteiger partial charge >= 0.3 is 5.97 Å². The number of aromatic hydroxyl groups is 1. The molecule has 1 fully saturated rings. The van der Waals surface area contributed by atoms with E-state index in [1.165, 1.54) is 36.7 Å². The molecule has 1 unspecified atom stereocenters. The number of benzene rings is 2. The van der Waals surface area contributed by atoms with Gasteiger partial charge in [0.15, 0.2) is 11.5 Å². The number of carboxylic acid groups (broad SMARTS) is 1. The summed E-state index contributed by atoms with van der Waals surface area (Å²) < 4.78 is 3.81. The zero-order chi connectivity index (χ0) is 25.4. The third kappa shape index (κ3) is 3.77. The second-order valence-electron chi connectivity index (χ2n) is 8.07. The number of hydrogen-bond acceptors (Lipinski definition) is 9. The Kier molecular flexibility index (Phi) is 6.33. The van der Waals surface area contributed by atoms with Crippen molar-refractivity contribution in [2.45, 2.75) is 15.4 Å². The number of aromatic amines is 2. The van der Waals surface area contributed by atoms with Crippen LogP contribution in [0.1, 0.15) is 27.2 Å². The van der Waals surface area contributed by atoms with Crippen LogP contribution in [0.15, 0.2) is 60.0 Å². The van der Waals surface area contributed by atoms with E-state index in [1.807, 2.05) is 24.3 Å². The summed E-state index contributed by atoms with van der Waals surface area (Å²) in [6, 6.07) is 12.2. The Labute approximate surface area is 213 Å². The summed E-state index contributed by atoms with van der Waals surface area (Å²) in [4.78, 5) is 22.6. The summed E-state index contributed by atoms with van der Waals surface area (Å²) in [6.45, 7) is 0. The number of thioether (sulfide) groups is 2. The largest absolute Gasteiger partial charge is 0.504 e. The molecule has 4 aromatic rings. The number of ether oxygens (including phenoxy) is 1. The number of aromatic nitrogens is 3. The van der Waals surface area contributed by atoms with Gasteiger partial charge in [0.25, 0.3) is 0 Å². The quantitative estimate of drug-likeness (QED) is 0.125. The number of phenols is 1. The van der Waals surface area contributed by atoms with Gasteiger partial charge in [-0.3, -0.25) is 0 Å². The number of carbonyl (C=O) groups is 1. The molecule has 186 valence electrons. The minimum absolute atomic E-state index is 0.0405. The van der Waals surface area contributed by atoms with Gasteiger partial charge in [0.05, 0.1) is 23.5 Å². The van der Waals surface area contributed by atoms with Crippen LogP contribution >= 0.6 is 23.5 Å². The van der Waals surface area contributed by atoms with Crippen molar-refractivity contribution in [1.82, 2.24) is 15.0 Å². The molecule has 36 heavy (non-hydrogen) atoms. The number of rotatable bonds is 6. The van der Waals surface area contributed by atoms with Crippen molar-refractivity contribution in [3.63, 3.8) is 0 Å². The molecule has 0 radical (unpaired) electrons. The second-order valence-corrected chi connectivity index (χ2v) is 10.9. The van der Waals surface area contributed by atoms with Crippen molar-refractivity contribution < 1.29 is 30.1 Å². The molecule has 5 rings (SSSR count). The number of nitrogens with zero attached hydrogens (tertiary/aromatic N) is 2. The van der Waals surface area contributed by atoms with Crippen molar-refractivity contribution >= 4 is 46.1 Å². The van der Waals surface area contributed by atoms with Gasteiger partial charge in [-0.25, -0.2) is 9.78 Å². The summed E-state index contributed by atoms with van der Waals surface area (Å²) in [5.74, 6) is -0.389. The van der Waals surface area contributed by atoms with Crippen LogP contribution < -0.4 is 4.74 Å². The number of nitrogens with one attached hydrogen (secondary N) is 2. The molecular formula is C24H22N4O6S2. The van der Waals surface area contributed by atoms with E-state index < -0.39 is 27.1 Å². The van der Waals surface area contributed by atoms with Crippen molar-refractivity contribution in [2.24, 2.45) is 5.16 Å². The average Bonchev–Trinajstić information content (AvgIpc) is 3.54. The van der Waals surface area contributed by atoms with Crippen LogP contribution in [0.3, 0.4) is 0 Å². The number of phenolic OH excluding ortho intramolecular Hbond substituents is 1. The van der Waals surface area contributed by atoms with Gasteiger partial charge in [-0.2, -0.15) is 0 Å². The number of hydrogen-bond donors (Lipinski definition) is 6. The van der Waals surface area contributed by atoms with E-state index in [-0.39, 0.29) is 17.2 Å². The van der Waals surface area contributed by atoms with E-state index in [9.17, 15) is 25.3 Å². The van der Waals surface area contributed by atoms with Crippen LogP contribution in [0.5, 0.6) is 11.5 Å². The SMILES string of the molecule is COc1cc(C2(c3ncc[nH]3)S[C@@H](c3c(/C(=N\O)C(=O)O)[nH]c4ccccc34)SC[C@H]2O)ccc1O. The molecule has 10 nitrogen and oxygen atoms in total. The van der Waals surface area contributed by atoms with Gasteiger partial charge in [-0.05, 0) is 23.8 Å². The fourth-order valence-electron chi connectivity index (χ4n) is 4.50. The summed E-state index contributed by atoms with van der Waals surface area (Å²) >= 11 is 2.83. The standard InChI is InChI=1S/C24H22N4O6S2/c1-34-16-10-12(6-7-15(16)29)24(23-25-8-9-26-23)17(30)11-35-22(36-24)18-13-4-2-3-5-14(13)27-19(18)20(28-33)21(31)32/h2-10,17,22,27,29-30,33H,11H2,1H3,(H,25,26)(H,31,32)/b28-20+/t17-,22+,24?/m1/s1. The van der Waals surface area contributed by atoms with Crippen LogP contribution in [0, 0.1) is 0 Å². The Morgan fingerprint density at radius 1 is 1.28 bits per heavy atom. The number of imidazole rings is 1. The number of oxime groups is 1. The summed E-state index contributed by atoms with van der Waals surface area (Å²) in [5.41, 5.74) is 1.63. The van der Waals surface area contributed by atoms with E-state index in [1.54, 1.807) is 24.5 Å². The third-order valence-electron chi connectivity index (χ3n) is 6.15. The summed E-state index contributed by atoms with van der Waals surface area (Å²) in [5, 5.41) is 44.7. The molecule has 0 aliphatic carbocycles. The molecule has 2 aromatic heterocycles. The molecule has 3 heterocycles. The number of aliphatic hydroxyl groups is 1. The Hall–Kier alpha value is -3.61. The van der Waals surface area contributed by atoms with E-state index in [4.69, 9.17) is 4.74 Å². The maximum Gasteiger partial charge on any atom is 0.360 e. The average molecular weight is 527 g/mol. The highest BCUT2D eigenvalue weighted by molar-refractivity contribution is 8.17. The Bertz CT molecular complexity index is 1450. The van der Waals surface area contributed by atoms with Crippen LogP contribution in [0.2, 0.25) is 0 Å². The maximum atomic E-state index is 11.9. The first-order valence-corrected chi connectivity index (χ1v) is 12.7. The van der Waals surface area contributed by atoms with E-state index >= 15 is 0 Å². The fourth-order valence-corrected chi connectivity index (χ4v) is 8.02. The first-order chi connectivity index (χ1) is 17.4. The molecule has 6 N–H and O–H groups in total. The second kappa shape index (κ2) is 9.45. The van der Waals surface area contributed by atoms with Crippen molar-refractivity contribution in [1.29, 1.82) is 0 Å². The smallest absolute Gasteiger partial charge is 0.360 e. The molecular weight excluding hydrogens is 504 g/mol. The lowest BCUT2D eigenvalue weighted by Crippen LogP contribution is -2.43. The molecule has 3 atom stereocenters. The molecule has 0 bridgehead atoms. The summed E-state index contributed by atoms with van der Waals surface area (Å²) in [6.07, 6.45) is 2.36. The number of aliphatic hydroxyl groups excluding tert-OH is 1. The van der Waals surface area contributed by atoms with Gasteiger partial charge in [-0.1, -0.05) is 29.4 Å². The van der Waals surface area contributed by atoms with E-state index in [0.29, 0.717) is 28.2 Å². The third-order valence-corrected chi connectivity index (χ3v) is 9.41. The number of H-pyrrole nitrogens is 2. The first-order valence-electron chi connectivity index (χ1n) is 10.8. The van der Waals surface area contributed by atoms with E-state index in [2.05, 4.69) is 20.1 Å². The highest BCUT2D eigenvalue weighted by Crippen LogP contribution is 2.61. The maximum absolute atomic E-state index is 11.9. The van der Waals surface area contributed by atoms with Crippen LogP contribution in [-0.2, 0) is 9.54 Å². The molecule has 0 amide bonds. The lowest BCUT2D eigenvalue weighted by atomic mass is 9.91.